The molecule has 0 saturated heterocycles. The minimum Gasteiger partial charge on any atom is -0.316 e. The molecule has 1 N–H and O–H groups in total. The normalized spacial score (nSPS) is 12.4. The van der Waals surface area contributed by atoms with Crippen molar-refractivity contribution in [2.45, 2.75) is 19.3 Å². The number of likely N-dealkylation sites (N-methyl/N-ethyl adjacent to an activating group) is 1. The van der Waals surface area contributed by atoms with Crippen molar-refractivity contribution in [3.63, 3.8) is 0 Å². The molecule has 0 bridgehead atoms. The lowest BCUT2D eigenvalue weighted by Gasteiger charge is -2.18. The lowest BCUT2D eigenvalue weighted by Crippen LogP contribution is -2.23. The van der Waals surface area contributed by atoms with Gasteiger partial charge < -0.3 is 5.32 Å². The van der Waals surface area contributed by atoms with Crippen LogP contribution in [0.4, 0.5) is 8.78 Å². The topological polar surface area (TPSA) is 12.0 Å². The summed E-state index contributed by atoms with van der Waals surface area (Å²) >= 11 is 5.94. The van der Waals surface area contributed by atoms with Crippen LogP contribution in [0.1, 0.15) is 24.0 Å². The van der Waals surface area contributed by atoms with Crippen LogP contribution < -0.4 is 5.32 Å². The van der Waals surface area contributed by atoms with Gasteiger partial charge in [-0.05, 0) is 54.4 Å². The summed E-state index contributed by atoms with van der Waals surface area (Å²) in [5.41, 5.74) is 1.56. The molecule has 0 aliphatic carbocycles. The molecule has 0 amide bonds. The molecule has 21 heavy (non-hydrogen) atoms. The lowest BCUT2D eigenvalue weighted by molar-refractivity contribution is 0.560. The van der Waals surface area contributed by atoms with Gasteiger partial charge in [0.15, 0.2) is 0 Å². The molecule has 0 aliphatic rings. The summed E-state index contributed by atoms with van der Waals surface area (Å²) in [4.78, 5) is 0. The Labute approximate surface area is 128 Å². The van der Waals surface area contributed by atoms with Crippen LogP contribution in [0.25, 0.3) is 0 Å². The first-order chi connectivity index (χ1) is 10.1. The number of benzene rings is 2. The molecule has 0 aliphatic heterocycles. The van der Waals surface area contributed by atoms with E-state index in [2.05, 4.69) is 5.32 Å². The van der Waals surface area contributed by atoms with E-state index in [-0.39, 0.29) is 17.6 Å². The summed E-state index contributed by atoms with van der Waals surface area (Å²) in [6.45, 7) is 3.55. The SMILES string of the molecule is CCNCC(Cc1cc(Cl)ccc1F)c1ccc(F)cc1. The van der Waals surface area contributed by atoms with Gasteiger partial charge in [0.05, 0.1) is 0 Å². The fourth-order valence-corrected chi connectivity index (χ4v) is 2.52. The summed E-state index contributed by atoms with van der Waals surface area (Å²) in [7, 11) is 0. The quantitative estimate of drug-likeness (QED) is 0.825. The zero-order valence-electron chi connectivity index (χ0n) is 11.9. The summed E-state index contributed by atoms with van der Waals surface area (Å²) < 4.78 is 26.9. The molecule has 4 heteroatoms. The van der Waals surface area contributed by atoms with Crippen LogP contribution in [0.2, 0.25) is 5.02 Å². The molecule has 0 spiro atoms. The Kier molecular flexibility index (Phi) is 5.71. The smallest absolute Gasteiger partial charge is 0.126 e. The maximum Gasteiger partial charge on any atom is 0.126 e. The maximum atomic E-state index is 13.9. The molecule has 1 nitrogen and oxygen atoms in total. The van der Waals surface area contributed by atoms with Gasteiger partial charge in [-0.3, -0.25) is 0 Å². The molecule has 0 radical (unpaired) electrons. The van der Waals surface area contributed by atoms with Crippen molar-refractivity contribution in [2.75, 3.05) is 13.1 Å². The molecular weight excluding hydrogens is 292 g/mol. The van der Waals surface area contributed by atoms with Gasteiger partial charge in [0.2, 0.25) is 0 Å². The third kappa shape index (κ3) is 4.51. The van der Waals surface area contributed by atoms with Crippen LogP contribution >= 0.6 is 11.6 Å². The molecule has 2 aromatic carbocycles. The number of rotatable bonds is 6. The first kappa shape index (κ1) is 15.9. The number of nitrogens with one attached hydrogen (secondary N) is 1. The van der Waals surface area contributed by atoms with Crippen LogP contribution in [-0.2, 0) is 6.42 Å². The van der Waals surface area contributed by atoms with E-state index in [0.29, 0.717) is 23.6 Å². The summed E-state index contributed by atoms with van der Waals surface area (Å²) in [6, 6.07) is 10.9. The fourth-order valence-electron chi connectivity index (χ4n) is 2.33. The Hall–Kier alpha value is -1.45. The van der Waals surface area contributed by atoms with Gasteiger partial charge in [0.1, 0.15) is 11.6 Å². The molecule has 0 fully saturated rings. The van der Waals surface area contributed by atoms with Crippen LogP contribution in [-0.4, -0.2) is 13.1 Å². The van der Waals surface area contributed by atoms with Gasteiger partial charge in [-0.1, -0.05) is 30.7 Å². The molecular formula is C17H18ClF2N. The first-order valence-electron chi connectivity index (χ1n) is 7.00. The van der Waals surface area contributed by atoms with Crippen LogP contribution in [0.3, 0.4) is 0 Å². The van der Waals surface area contributed by atoms with E-state index in [9.17, 15) is 8.78 Å². The van der Waals surface area contributed by atoms with Crippen molar-refractivity contribution in [1.82, 2.24) is 5.32 Å². The molecule has 2 rings (SSSR count). The van der Waals surface area contributed by atoms with Gasteiger partial charge in [0.25, 0.3) is 0 Å². The highest BCUT2D eigenvalue weighted by Gasteiger charge is 2.15. The fraction of sp³-hybridized carbons (Fsp3) is 0.294. The van der Waals surface area contributed by atoms with Crippen molar-refractivity contribution in [2.24, 2.45) is 0 Å². The Morgan fingerprint density at radius 3 is 2.48 bits per heavy atom. The minimum absolute atomic E-state index is 0.0681. The van der Waals surface area contributed by atoms with Gasteiger partial charge >= 0.3 is 0 Å². The van der Waals surface area contributed by atoms with E-state index in [4.69, 9.17) is 11.6 Å². The van der Waals surface area contributed by atoms with Gasteiger partial charge in [-0.2, -0.15) is 0 Å². The van der Waals surface area contributed by atoms with E-state index in [1.165, 1.54) is 24.3 Å². The van der Waals surface area contributed by atoms with E-state index < -0.39 is 0 Å². The van der Waals surface area contributed by atoms with Crippen molar-refractivity contribution in [1.29, 1.82) is 0 Å². The third-order valence-electron chi connectivity index (χ3n) is 3.46. The van der Waals surface area contributed by atoms with Crippen molar-refractivity contribution >= 4 is 11.6 Å². The average molecular weight is 310 g/mol. The van der Waals surface area contributed by atoms with Gasteiger partial charge in [-0.15, -0.1) is 0 Å². The molecule has 0 aromatic heterocycles. The van der Waals surface area contributed by atoms with Gasteiger partial charge in [0, 0.05) is 17.5 Å². The second-order valence-electron chi connectivity index (χ2n) is 5.00. The summed E-state index contributed by atoms with van der Waals surface area (Å²) in [5, 5.41) is 3.79. The Morgan fingerprint density at radius 1 is 1.10 bits per heavy atom. The minimum atomic E-state index is -0.269. The highest BCUT2D eigenvalue weighted by atomic mass is 35.5. The predicted octanol–water partition coefficient (Wildman–Crippen LogP) is 4.55. The Morgan fingerprint density at radius 2 is 1.81 bits per heavy atom. The van der Waals surface area contributed by atoms with Crippen molar-refractivity contribution in [3.05, 3.63) is 70.2 Å². The number of halogens is 3. The molecule has 0 saturated carbocycles. The largest absolute Gasteiger partial charge is 0.316 e. The van der Waals surface area contributed by atoms with E-state index in [0.717, 1.165) is 12.1 Å². The number of hydrogen-bond acceptors (Lipinski definition) is 1. The first-order valence-corrected chi connectivity index (χ1v) is 7.38. The highest BCUT2D eigenvalue weighted by molar-refractivity contribution is 6.30. The second kappa shape index (κ2) is 7.53. The monoisotopic (exact) mass is 309 g/mol. The van der Waals surface area contributed by atoms with Crippen molar-refractivity contribution < 1.29 is 8.78 Å². The maximum absolute atomic E-state index is 13.9. The van der Waals surface area contributed by atoms with E-state index in [1.807, 2.05) is 6.92 Å². The zero-order chi connectivity index (χ0) is 15.2. The molecule has 112 valence electrons. The van der Waals surface area contributed by atoms with Crippen LogP contribution in [0.15, 0.2) is 42.5 Å². The third-order valence-corrected chi connectivity index (χ3v) is 3.69. The second-order valence-corrected chi connectivity index (χ2v) is 5.43. The number of hydrogen-bond donors (Lipinski definition) is 1. The van der Waals surface area contributed by atoms with Crippen LogP contribution in [0, 0.1) is 11.6 Å². The van der Waals surface area contributed by atoms with E-state index in [1.54, 1.807) is 18.2 Å². The Bertz CT molecular complexity index is 584. The van der Waals surface area contributed by atoms with Crippen LogP contribution in [0.5, 0.6) is 0 Å². The van der Waals surface area contributed by atoms with Crippen molar-refractivity contribution in [3.8, 4) is 0 Å². The standard InChI is InChI=1S/C17H18ClF2N/c1-2-21-11-14(12-3-6-16(19)7-4-12)9-13-10-15(18)5-8-17(13)20/h3-8,10,14,21H,2,9,11H2,1H3. The average Bonchev–Trinajstić information content (AvgIpc) is 2.48. The van der Waals surface area contributed by atoms with Gasteiger partial charge in [-0.25, -0.2) is 8.78 Å². The highest BCUT2D eigenvalue weighted by Crippen LogP contribution is 2.24. The molecule has 0 heterocycles. The summed E-state index contributed by atoms with van der Waals surface area (Å²) in [5.74, 6) is -0.462. The zero-order valence-corrected chi connectivity index (χ0v) is 12.6. The molecule has 2 aromatic rings. The molecule has 1 atom stereocenters. The molecule has 1 unspecified atom stereocenters. The summed E-state index contributed by atoms with van der Waals surface area (Å²) in [6.07, 6.45) is 0.519. The predicted molar refractivity (Wildman–Crippen MR) is 82.8 cm³/mol. The Balaban J connectivity index is 2.23. The van der Waals surface area contributed by atoms with E-state index >= 15 is 0 Å². The lowest BCUT2D eigenvalue weighted by atomic mass is 9.91.